The first-order chi connectivity index (χ1) is 20.6. The van der Waals surface area contributed by atoms with Crippen molar-refractivity contribution < 1.29 is 37.4 Å². The van der Waals surface area contributed by atoms with Crippen LogP contribution in [0.5, 0.6) is 0 Å². The second-order valence-electron chi connectivity index (χ2n) is 16.9. The molecule has 0 aromatic heterocycles. The number of carbonyl (C=O) groups is 2. The molecule has 0 aliphatic carbocycles. The van der Waals surface area contributed by atoms with Crippen LogP contribution in [0.25, 0.3) is 0 Å². The highest BCUT2D eigenvalue weighted by Crippen LogP contribution is 2.45. The number of aldehydes is 1. The molecule has 10 heteroatoms. The Morgan fingerprint density at radius 1 is 0.956 bits per heavy atom. The summed E-state index contributed by atoms with van der Waals surface area (Å²) >= 11 is 0. The molecule has 0 aromatic carbocycles. The number of hydrogen-bond acceptors (Lipinski definition) is 8. The van der Waals surface area contributed by atoms with Gasteiger partial charge in [0.2, 0.25) is 0 Å². The molecular weight excluding hydrogens is 605 g/mol. The average Bonchev–Trinajstić information content (AvgIpc) is 2.89. The summed E-state index contributed by atoms with van der Waals surface area (Å²) in [5.41, 5.74) is 1.03. The van der Waals surface area contributed by atoms with Gasteiger partial charge in [-0.25, -0.2) is 0 Å². The van der Waals surface area contributed by atoms with E-state index in [1.165, 1.54) is 6.92 Å². The molecular formula is C35H64O8Si2. The van der Waals surface area contributed by atoms with Crippen molar-refractivity contribution in [3.05, 3.63) is 12.2 Å². The van der Waals surface area contributed by atoms with Crippen molar-refractivity contribution in [2.24, 2.45) is 11.8 Å². The lowest BCUT2D eigenvalue weighted by Gasteiger charge is -2.53. The Hall–Kier alpha value is -0.886. The van der Waals surface area contributed by atoms with Crippen molar-refractivity contribution in [1.82, 2.24) is 0 Å². The van der Waals surface area contributed by atoms with E-state index in [9.17, 15) is 9.59 Å². The predicted molar refractivity (Wildman–Crippen MR) is 183 cm³/mol. The molecule has 8 nitrogen and oxygen atoms in total. The second-order valence-corrected chi connectivity index (χ2v) is 26.5. The van der Waals surface area contributed by atoms with E-state index in [0.717, 1.165) is 18.3 Å². The summed E-state index contributed by atoms with van der Waals surface area (Å²) in [6, 6.07) is 0. The normalized spacial score (nSPS) is 35.1. The maximum atomic E-state index is 12.4. The Labute approximate surface area is 275 Å². The van der Waals surface area contributed by atoms with Gasteiger partial charge in [0.15, 0.2) is 16.6 Å². The average molecular weight is 669 g/mol. The molecule has 3 saturated heterocycles. The zero-order valence-electron chi connectivity index (χ0n) is 30.6. The smallest absolute Gasteiger partial charge is 0.303 e. The van der Waals surface area contributed by atoms with Crippen LogP contribution in [0.1, 0.15) is 94.4 Å². The molecule has 45 heavy (non-hydrogen) atoms. The zero-order chi connectivity index (χ0) is 34.1. The van der Waals surface area contributed by atoms with Crippen LogP contribution in [0.15, 0.2) is 12.2 Å². The van der Waals surface area contributed by atoms with E-state index in [0.29, 0.717) is 32.3 Å². The summed E-state index contributed by atoms with van der Waals surface area (Å²) in [6.07, 6.45) is 2.11. The predicted octanol–water partition coefficient (Wildman–Crippen LogP) is 7.61. The fraction of sp³-hybridized carbons (Fsp3) is 0.886. The zero-order valence-corrected chi connectivity index (χ0v) is 32.6. The highest BCUT2D eigenvalue weighted by molar-refractivity contribution is 6.74. The molecule has 3 aliphatic heterocycles. The molecule has 2 unspecified atom stereocenters. The third-order valence-electron chi connectivity index (χ3n) is 11.4. The molecule has 3 fully saturated rings. The Bertz CT molecular complexity index is 1030. The molecule has 3 rings (SSSR count). The molecule has 3 aliphatic rings. The second kappa shape index (κ2) is 14.7. The third-order valence-corrected chi connectivity index (χ3v) is 20.4. The van der Waals surface area contributed by atoms with E-state index in [1.54, 1.807) is 0 Å². The minimum absolute atomic E-state index is 0.0105. The number of ether oxygens (including phenoxy) is 4. The van der Waals surface area contributed by atoms with Crippen LogP contribution in [0.2, 0.25) is 36.3 Å². The van der Waals surface area contributed by atoms with Crippen molar-refractivity contribution in [3.63, 3.8) is 0 Å². The van der Waals surface area contributed by atoms with Crippen LogP contribution in [-0.2, 0) is 37.4 Å². The lowest BCUT2D eigenvalue weighted by atomic mass is 9.79. The van der Waals surface area contributed by atoms with E-state index in [1.807, 2.05) is 0 Å². The van der Waals surface area contributed by atoms with E-state index in [-0.39, 0.29) is 70.6 Å². The van der Waals surface area contributed by atoms with Crippen molar-refractivity contribution in [2.45, 2.75) is 180 Å². The summed E-state index contributed by atoms with van der Waals surface area (Å²) in [6.45, 7) is 33.2. The van der Waals surface area contributed by atoms with Crippen molar-refractivity contribution in [2.75, 3.05) is 6.61 Å². The molecule has 0 bridgehead atoms. The van der Waals surface area contributed by atoms with Gasteiger partial charge in [-0.15, -0.1) is 0 Å². The van der Waals surface area contributed by atoms with Gasteiger partial charge in [-0.2, -0.15) is 0 Å². The van der Waals surface area contributed by atoms with Gasteiger partial charge in [0.05, 0.1) is 43.2 Å². The van der Waals surface area contributed by atoms with Crippen molar-refractivity contribution in [1.29, 1.82) is 0 Å². The summed E-state index contributed by atoms with van der Waals surface area (Å²) in [5.74, 6) is -0.183. The Kier molecular flexibility index (Phi) is 12.6. The Balaban J connectivity index is 1.89. The van der Waals surface area contributed by atoms with Gasteiger partial charge < -0.3 is 32.6 Å². The Morgan fingerprint density at radius 3 is 2.13 bits per heavy atom. The maximum absolute atomic E-state index is 12.4. The van der Waals surface area contributed by atoms with E-state index in [2.05, 4.69) is 88.2 Å². The van der Waals surface area contributed by atoms with Gasteiger partial charge in [-0.3, -0.25) is 4.79 Å². The first-order valence-corrected chi connectivity index (χ1v) is 23.0. The van der Waals surface area contributed by atoms with Crippen LogP contribution in [0.3, 0.4) is 0 Å². The minimum Gasteiger partial charge on any atom is -0.459 e. The number of fused-ring (bicyclic) bond motifs is 1. The number of rotatable bonds is 11. The lowest BCUT2D eigenvalue weighted by Crippen LogP contribution is -2.63. The van der Waals surface area contributed by atoms with Crippen LogP contribution < -0.4 is 0 Å². The molecule has 3 heterocycles. The van der Waals surface area contributed by atoms with Crippen LogP contribution in [-0.4, -0.2) is 84.3 Å². The van der Waals surface area contributed by atoms with Crippen molar-refractivity contribution >= 4 is 28.9 Å². The van der Waals surface area contributed by atoms with Gasteiger partial charge in [0.25, 0.3) is 0 Å². The molecule has 10 atom stereocenters. The minimum atomic E-state index is -2.15. The SMILES string of the molecule is C=C1C(C[C@@H]2O[C@H]3C[C@@H](O[Si](C)(C)C(C)(C)C)[C@@H](CO[Si](C)(C)C(C)(C)C)O[C@H]3[C@H](C)[C@H]2OC(C)=O)OC(CCC=O)C[C@H]1C. The first kappa shape index (κ1) is 38.6. The highest BCUT2D eigenvalue weighted by atomic mass is 28.4. The van der Waals surface area contributed by atoms with Crippen LogP contribution in [0, 0.1) is 11.8 Å². The Morgan fingerprint density at radius 2 is 1.58 bits per heavy atom. The first-order valence-electron chi connectivity index (χ1n) is 17.2. The molecule has 0 saturated carbocycles. The fourth-order valence-corrected chi connectivity index (χ4v) is 8.68. The van der Waals surface area contributed by atoms with Gasteiger partial charge >= 0.3 is 5.97 Å². The van der Waals surface area contributed by atoms with Gasteiger partial charge in [-0.1, -0.05) is 62.0 Å². The van der Waals surface area contributed by atoms with Gasteiger partial charge in [0, 0.05) is 32.1 Å². The highest BCUT2D eigenvalue weighted by Gasteiger charge is 2.54. The molecule has 0 spiro atoms. The summed E-state index contributed by atoms with van der Waals surface area (Å²) in [4.78, 5) is 23.4. The third kappa shape index (κ3) is 9.39. The molecule has 0 amide bonds. The number of hydrogen-bond donors (Lipinski definition) is 0. The monoisotopic (exact) mass is 668 g/mol. The van der Waals surface area contributed by atoms with E-state index < -0.39 is 22.7 Å². The summed E-state index contributed by atoms with van der Waals surface area (Å²) in [5, 5.41) is 0.109. The van der Waals surface area contributed by atoms with Gasteiger partial charge in [0.1, 0.15) is 18.5 Å². The summed E-state index contributed by atoms with van der Waals surface area (Å²) in [7, 11) is -4.19. The maximum Gasteiger partial charge on any atom is 0.303 e. The fourth-order valence-electron chi connectivity index (χ4n) is 6.31. The van der Waals surface area contributed by atoms with Crippen LogP contribution >= 0.6 is 0 Å². The molecule has 0 N–H and O–H groups in total. The largest absolute Gasteiger partial charge is 0.459 e. The number of esters is 1. The standard InChI is InChI=1S/C35H64O8Si2/c1-22-18-26(16-15-17-36)40-27(23(22)2)19-29-32(39-25(4)37)24(3)33-30(41-29)20-28(43-45(13,14)35(8,9)10)31(42-33)21-38-44(11,12)34(5,6)7/h17,22,24,26-33H,2,15-16,18-21H2,1,3-14H3/t22-,24-,26?,27?,28-,29+,30+,31-,32-,33+/m1/s1. The molecule has 0 radical (unpaired) electrons. The molecule has 0 aromatic rings. The summed E-state index contributed by atoms with van der Waals surface area (Å²) < 4.78 is 40.1. The van der Waals surface area contributed by atoms with E-state index >= 15 is 0 Å². The number of carbonyl (C=O) groups excluding carboxylic acids is 2. The van der Waals surface area contributed by atoms with Crippen molar-refractivity contribution in [3.8, 4) is 0 Å². The van der Waals surface area contributed by atoms with Gasteiger partial charge in [-0.05, 0) is 60.6 Å². The molecule has 260 valence electrons. The van der Waals surface area contributed by atoms with E-state index in [4.69, 9.17) is 27.8 Å². The quantitative estimate of drug-likeness (QED) is 0.0962. The topological polar surface area (TPSA) is 89.5 Å². The van der Waals surface area contributed by atoms with Crippen LogP contribution in [0.4, 0.5) is 0 Å². The lowest BCUT2D eigenvalue weighted by molar-refractivity contribution is -0.272.